The molecule has 3 rings (SSSR count). The summed E-state index contributed by atoms with van der Waals surface area (Å²) in [6.45, 7) is 5.44. The summed E-state index contributed by atoms with van der Waals surface area (Å²) in [5.74, 6) is -0.371. The first-order valence-electron chi connectivity index (χ1n) is 7.09. The van der Waals surface area contributed by atoms with Crippen LogP contribution in [0, 0.1) is 20.8 Å². The Kier molecular flexibility index (Phi) is 3.64. The number of aromatic hydroxyl groups is 1. The summed E-state index contributed by atoms with van der Waals surface area (Å²) < 4.78 is 0.895. The van der Waals surface area contributed by atoms with Crippen molar-refractivity contribution in [3.8, 4) is 17.0 Å². The van der Waals surface area contributed by atoms with Crippen LogP contribution in [-0.2, 0) is 0 Å². The van der Waals surface area contributed by atoms with Crippen LogP contribution in [0.1, 0.15) is 27.3 Å². The summed E-state index contributed by atoms with van der Waals surface area (Å²) in [7, 11) is 0. The number of H-pyrrole nitrogens is 1. The molecule has 118 valence electrons. The van der Waals surface area contributed by atoms with Gasteiger partial charge in [-0.1, -0.05) is 15.9 Å². The van der Waals surface area contributed by atoms with E-state index in [9.17, 15) is 9.90 Å². The van der Waals surface area contributed by atoms with E-state index in [1.165, 1.54) is 0 Å². The zero-order valence-electron chi connectivity index (χ0n) is 13.0. The van der Waals surface area contributed by atoms with Gasteiger partial charge in [0.05, 0.1) is 11.4 Å². The summed E-state index contributed by atoms with van der Waals surface area (Å²) in [5.41, 5.74) is 10.1. The number of benzene rings is 1. The Labute approximate surface area is 141 Å². The van der Waals surface area contributed by atoms with Gasteiger partial charge in [0.15, 0.2) is 0 Å². The molecule has 0 saturated heterocycles. The van der Waals surface area contributed by atoms with Crippen molar-refractivity contribution in [2.45, 2.75) is 20.8 Å². The van der Waals surface area contributed by atoms with E-state index in [-0.39, 0.29) is 5.75 Å². The number of hydrogen-bond donors (Lipinski definition) is 3. The highest BCUT2D eigenvalue weighted by Crippen LogP contribution is 2.37. The predicted molar refractivity (Wildman–Crippen MR) is 93.6 cm³/mol. The maximum Gasteiger partial charge on any atom is 0.265 e. The van der Waals surface area contributed by atoms with Gasteiger partial charge in [0, 0.05) is 20.9 Å². The molecule has 0 unspecified atom stereocenters. The molecule has 0 atom stereocenters. The monoisotopic (exact) mass is 373 g/mol. The number of aromatic nitrogens is 2. The van der Waals surface area contributed by atoms with Gasteiger partial charge in [-0.05, 0) is 50.1 Å². The lowest BCUT2D eigenvalue weighted by Crippen LogP contribution is -2.13. The van der Waals surface area contributed by atoms with Gasteiger partial charge in [-0.2, -0.15) is 0 Å². The second-order valence-corrected chi connectivity index (χ2v) is 6.49. The highest BCUT2D eigenvalue weighted by molar-refractivity contribution is 9.10. The molecule has 23 heavy (non-hydrogen) atoms. The number of carbonyl (C=O) groups is 1. The van der Waals surface area contributed by atoms with Crippen LogP contribution in [0.15, 0.2) is 22.7 Å². The molecule has 1 amide bonds. The number of nitrogens with two attached hydrogens (primary N) is 1. The van der Waals surface area contributed by atoms with Crippen LogP contribution in [0.2, 0.25) is 0 Å². The Morgan fingerprint density at radius 2 is 1.96 bits per heavy atom. The van der Waals surface area contributed by atoms with Gasteiger partial charge in [0.2, 0.25) is 0 Å². The maximum absolute atomic E-state index is 11.9. The van der Waals surface area contributed by atoms with E-state index in [0.717, 1.165) is 26.5 Å². The SMILES string of the molecule is Cc1nc(-c2c(C(N)=O)[nH]c3ccc(Br)cc23)c(C)c(C)c1O. The van der Waals surface area contributed by atoms with Crippen molar-refractivity contribution in [2.24, 2.45) is 5.73 Å². The molecule has 5 nitrogen and oxygen atoms in total. The van der Waals surface area contributed by atoms with E-state index >= 15 is 0 Å². The number of aromatic amines is 1. The number of nitrogens with one attached hydrogen (secondary N) is 1. The van der Waals surface area contributed by atoms with Gasteiger partial charge in [-0.3, -0.25) is 4.79 Å². The number of halogens is 1. The van der Waals surface area contributed by atoms with Crippen LogP contribution in [-0.4, -0.2) is 21.0 Å². The van der Waals surface area contributed by atoms with Gasteiger partial charge in [-0.25, -0.2) is 4.98 Å². The van der Waals surface area contributed by atoms with E-state index in [1.54, 1.807) is 6.92 Å². The van der Waals surface area contributed by atoms with Crippen molar-refractivity contribution >= 4 is 32.7 Å². The first-order chi connectivity index (χ1) is 10.8. The van der Waals surface area contributed by atoms with Crippen molar-refractivity contribution in [1.82, 2.24) is 9.97 Å². The minimum Gasteiger partial charge on any atom is -0.506 e. The van der Waals surface area contributed by atoms with Crippen LogP contribution in [0.25, 0.3) is 22.2 Å². The molecular weight excluding hydrogens is 358 g/mol. The molecule has 0 saturated carbocycles. The van der Waals surface area contributed by atoms with E-state index in [2.05, 4.69) is 25.9 Å². The quantitative estimate of drug-likeness (QED) is 0.638. The summed E-state index contributed by atoms with van der Waals surface area (Å²) in [4.78, 5) is 19.5. The van der Waals surface area contributed by atoms with Crippen molar-refractivity contribution in [2.75, 3.05) is 0 Å². The van der Waals surface area contributed by atoms with Crippen molar-refractivity contribution in [1.29, 1.82) is 0 Å². The number of hydrogen-bond acceptors (Lipinski definition) is 3. The summed E-state index contributed by atoms with van der Waals surface area (Å²) >= 11 is 3.45. The lowest BCUT2D eigenvalue weighted by atomic mass is 9.98. The highest BCUT2D eigenvalue weighted by atomic mass is 79.9. The number of carbonyl (C=O) groups excluding carboxylic acids is 1. The standard InChI is InChI=1S/C17H16BrN3O2/c1-7-8(2)16(22)9(3)20-14(7)13-11-6-10(18)4-5-12(11)21-15(13)17(19)23/h4-6,21-22H,1-3H3,(H2,19,23). The lowest BCUT2D eigenvalue weighted by molar-refractivity contribution is 0.0997. The minimum absolute atomic E-state index is 0.174. The van der Waals surface area contributed by atoms with Gasteiger partial charge in [-0.15, -0.1) is 0 Å². The topological polar surface area (TPSA) is 92.0 Å². The molecule has 6 heteroatoms. The zero-order chi connectivity index (χ0) is 16.9. The third kappa shape index (κ3) is 2.39. The van der Waals surface area contributed by atoms with E-state index in [4.69, 9.17) is 5.73 Å². The molecule has 0 bridgehead atoms. The zero-order valence-corrected chi connectivity index (χ0v) is 14.6. The van der Waals surface area contributed by atoms with Gasteiger partial charge in [0.25, 0.3) is 5.91 Å². The molecule has 0 fully saturated rings. The Morgan fingerprint density at radius 3 is 2.61 bits per heavy atom. The fourth-order valence-electron chi connectivity index (χ4n) is 2.77. The molecule has 4 N–H and O–H groups in total. The Balaban J connectivity index is 2.46. The molecule has 0 spiro atoms. The fourth-order valence-corrected chi connectivity index (χ4v) is 3.13. The largest absolute Gasteiger partial charge is 0.506 e. The van der Waals surface area contributed by atoms with Crippen LogP contribution in [0.4, 0.5) is 0 Å². The molecule has 2 aromatic heterocycles. The number of rotatable bonds is 2. The first-order valence-corrected chi connectivity index (χ1v) is 7.88. The van der Waals surface area contributed by atoms with Crippen LogP contribution in [0.5, 0.6) is 5.75 Å². The number of aryl methyl sites for hydroxylation is 1. The van der Waals surface area contributed by atoms with Crippen molar-refractivity contribution in [3.63, 3.8) is 0 Å². The summed E-state index contributed by atoms with van der Waals surface area (Å²) in [5, 5.41) is 10.9. The van der Waals surface area contributed by atoms with E-state index < -0.39 is 5.91 Å². The molecular formula is C17H16BrN3O2. The van der Waals surface area contributed by atoms with Gasteiger partial charge >= 0.3 is 0 Å². The molecule has 0 aliphatic carbocycles. The number of primary amides is 1. The normalized spacial score (nSPS) is 11.1. The summed E-state index contributed by atoms with van der Waals surface area (Å²) in [6, 6.07) is 5.69. The van der Waals surface area contributed by atoms with E-state index in [0.29, 0.717) is 22.6 Å². The Morgan fingerprint density at radius 1 is 1.26 bits per heavy atom. The highest BCUT2D eigenvalue weighted by Gasteiger charge is 2.22. The summed E-state index contributed by atoms with van der Waals surface area (Å²) in [6.07, 6.45) is 0. The van der Waals surface area contributed by atoms with E-state index in [1.807, 2.05) is 32.0 Å². The fraction of sp³-hybridized carbons (Fsp3) is 0.176. The van der Waals surface area contributed by atoms with Crippen molar-refractivity contribution < 1.29 is 9.90 Å². The van der Waals surface area contributed by atoms with Crippen molar-refractivity contribution in [3.05, 3.63) is 45.2 Å². The molecule has 0 aliphatic heterocycles. The molecule has 0 radical (unpaired) electrons. The average molecular weight is 374 g/mol. The number of nitrogens with zero attached hydrogens (tertiary/aromatic N) is 1. The second kappa shape index (κ2) is 5.38. The predicted octanol–water partition coefficient (Wildman–Crippen LogP) is 3.72. The molecule has 2 heterocycles. The van der Waals surface area contributed by atoms with Gasteiger partial charge < -0.3 is 15.8 Å². The lowest BCUT2D eigenvalue weighted by Gasteiger charge is -2.12. The number of fused-ring (bicyclic) bond motifs is 1. The molecule has 1 aromatic carbocycles. The Bertz CT molecular complexity index is 960. The molecule has 0 aliphatic rings. The number of pyridine rings is 1. The number of amides is 1. The maximum atomic E-state index is 11.9. The minimum atomic E-state index is -0.545. The Hall–Kier alpha value is -2.34. The van der Waals surface area contributed by atoms with Gasteiger partial charge in [0.1, 0.15) is 11.4 Å². The van der Waals surface area contributed by atoms with Crippen LogP contribution in [0.3, 0.4) is 0 Å². The smallest absolute Gasteiger partial charge is 0.265 e. The molecule has 3 aromatic rings. The van der Waals surface area contributed by atoms with Crippen LogP contribution >= 0.6 is 15.9 Å². The second-order valence-electron chi connectivity index (χ2n) is 5.57. The average Bonchev–Trinajstić information content (AvgIpc) is 2.87. The third-order valence-electron chi connectivity index (χ3n) is 4.14. The first kappa shape index (κ1) is 15.6. The third-order valence-corrected chi connectivity index (χ3v) is 4.63. The van der Waals surface area contributed by atoms with Crippen LogP contribution < -0.4 is 5.73 Å².